The molecule has 0 saturated heterocycles. The summed E-state index contributed by atoms with van der Waals surface area (Å²) in [6.07, 6.45) is 22.3. The first-order chi connectivity index (χ1) is 30.7. The summed E-state index contributed by atoms with van der Waals surface area (Å²) in [5.41, 5.74) is 0. The number of rotatable bonds is 39. The highest BCUT2D eigenvalue weighted by molar-refractivity contribution is 8.19. The predicted molar refractivity (Wildman–Crippen MR) is 262 cm³/mol. The van der Waals surface area contributed by atoms with Gasteiger partial charge < -0.3 is 43.6 Å². The monoisotopic (exact) mass is 1040 g/mol. The Morgan fingerprint density at radius 2 is 0.667 bits per heavy atom. The Bertz CT molecular complexity index is 1190. The van der Waals surface area contributed by atoms with E-state index in [1.807, 2.05) is 20.8 Å². The molecular formula is C44H98O18P4. The number of unbranched alkanes of at least 4 members (excludes halogenated alkanes) is 12. The summed E-state index contributed by atoms with van der Waals surface area (Å²) in [4.78, 5) is 51.7. The number of hydrogen-bond donors (Lipinski definition) is 6. The second-order valence-electron chi connectivity index (χ2n) is 17.3. The van der Waals surface area contributed by atoms with Gasteiger partial charge in [0.15, 0.2) is 0 Å². The van der Waals surface area contributed by atoms with E-state index in [1.54, 1.807) is 27.7 Å². The molecular weight excluding hydrogens is 940 g/mol. The minimum Gasteiger partial charge on any atom is -0.588 e. The van der Waals surface area contributed by atoms with Crippen LogP contribution in [0.1, 0.15) is 212 Å². The third kappa shape index (κ3) is 60.4. The molecule has 6 N–H and O–H groups in total. The Morgan fingerprint density at radius 1 is 0.424 bits per heavy atom. The number of hydrogen-bond acceptors (Lipinski definition) is 13. The molecule has 9 unspecified atom stereocenters. The van der Waals surface area contributed by atoms with E-state index in [4.69, 9.17) is 52.7 Å². The first-order valence-electron chi connectivity index (χ1n) is 24.4. The molecule has 0 aliphatic heterocycles. The van der Waals surface area contributed by atoms with Gasteiger partial charge in [0.2, 0.25) is 0 Å². The second kappa shape index (κ2) is 46.3. The van der Waals surface area contributed by atoms with Gasteiger partial charge in [0, 0.05) is 0 Å². The van der Waals surface area contributed by atoms with Gasteiger partial charge in [0.1, 0.15) is 0 Å². The Morgan fingerprint density at radius 3 is 0.879 bits per heavy atom. The van der Waals surface area contributed by atoms with E-state index in [9.17, 15) is 28.0 Å². The normalized spacial score (nSPS) is 16.6. The number of ether oxygens (including phenoxy) is 4. The predicted octanol–water partition coefficient (Wildman–Crippen LogP) is 11.4. The first kappa shape index (κ1) is 72.8. The zero-order valence-electron chi connectivity index (χ0n) is 43.0. The van der Waals surface area contributed by atoms with E-state index in [0.29, 0.717) is 12.7 Å². The van der Waals surface area contributed by atoms with Crippen LogP contribution in [0.15, 0.2) is 0 Å². The third-order valence-corrected chi connectivity index (χ3v) is 13.1. The summed E-state index contributed by atoms with van der Waals surface area (Å²) in [6.45, 7) is 24.8. The highest BCUT2D eigenvalue weighted by Gasteiger charge is 2.30. The van der Waals surface area contributed by atoms with E-state index >= 15 is 0 Å². The smallest absolute Gasteiger partial charge is 0.561 e. The van der Waals surface area contributed by atoms with Crippen LogP contribution in [0.25, 0.3) is 0 Å². The number of aliphatic hydroxyl groups excluding tert-OH is 1. The molecule has 18 nitrogen and oxygen atoms in total. The average molecular weight is 1040 g/mol. The lowest BCUT2D eigenvalue weighted by Crippen LogP contribution is -2.23. The maximum absolute atomic E-state index is 12.2. The maximum Gasteiger partial charge on any atom is 0.561 e. The van der Waals surface area contributed by atoms with Crippen LogP contribution in [0, 0.1) is 0 Å². The average Bonchev–Trinajstić information content (AvgIpc) is 3.20. The lowest BCUT2D eigenvalue weighted by atomic mass is 10.1. The van der Waals surface area contributed by atoms with Crippen molar-refractivity contribution in [1.82, 2.24) is 0 Å². The molecule has 0 heterocycles. The van der Waals surface area contributed by atoms with Crippen molar-refractivity contribution in [2.75, 3.05) is 26.4 Å². The molecule has 0 bridgehead atoms. The van der Waals surface area contributed by atoms with Crippen molar-refractivity contribution in [3.63, 3.8) is 0 Å². The van der Waals surface area contributed by atoms with Gasteiger partial charge in [0.05, 0.1) is 75.3 Å². The van der Waals surface area contributed by atoms with Gasteiger partial charge in [0.25, 0.3) is 0 Å². The minimum atomic E-state index is -4.78. The van der Waals surface area contributed by atoms with Crippen LogP contribution in [0.4, 0.5) is 0 Å². The molecule has 0 aliphatic carbocycles. The van der Waals surface area contributed by atoms with Crippen LogP contribution in [0.2, 0.25) is 0 Å². The molecule has 66 heavy (non-hydrogen) atoms. The standard InChI is InChI=1S/C22H47O6P.C11H25O5P.C11H24O2.H2O5P2/c1-7-9-11-13-15-19(3)25-17-21(5)27-29(23,24)28-22(6)18-26-20(4)16-14-12-10-8-2;1-4-5-6-7-8-10(2)15-9-11(3)16-17(12,13)14;1-4-5-6-7-8-11(3)13-9-10(2)12;1-6(2)7(3,4)5/h19-22H,7-18H2,1-6H3,(H,23,24);10-11H,4-9H2,1-3H3,(H2,12,13,14);10-12H,4-9H2,1-3H3;(H2,3,4,5). The van der Waals surface area contributed by atoms with Gasteiger partial charge in [-0.1, -0.05) is 135 Å². The molecule has 0 fully saturated rings. The number of phosphoric acid groups is 2. The Hall–Kier alpha value is 0.230. The van der Waals surface area contributed by atoms with Crippen molar-refractivity contribution in [2.24, 2.45) is 0 Å². The number of aliphatic hydroxyl groups is 1. The molecule has 0 aromatic rings. The van der Waals surface area contributed by atoms with Crippen molar-refractivity contribution in [3.05, 3.63) is 0 Å². The third-order valence-electron chi connectivity index (χ3n) is 9.48. The molecule has 0 aliphatic rings. The van der Waals surface area contributed by atoms with Gasteiger partial charge >= 0.3 is 30.6 Å². The second-order valence-corrected chi connectivity index (χ2v) is 23.9. The Kier molecular flexibility index (Phi) is 51.1. The molecule has 9 atom stereocenters. The number of phosphoric ester groups is 2. The zero-order chi connectivity index (χ0) is 51.6. The Balaban J connectivity index is -0.000000438. The van der Waals surface area contributed by atoms with Gasteiger partial charge in [-0.15, -0.1) is 0 Å². The van der Waals surface area contributed by atoms with Gasteiger partial charge in [-0.2, -0.15) is 0 Å². The van der Waals surface area contributed by atoms with Gasteiger partial charge in [-0.3, -0.25) is 23.4 Å². The highest BCUT2D eigenvalue weighted by atomic mass is 32.1. The van der Waals surface area contributed by atoms with Crippen LogP contribution in [-0.2, 0) is 50.8 Å². The lowest BCUT2D eigenvalue weighted by Gasteiger charge is -2.23. The summed E-state index contributed by atoms with van der Waals surface area (Å²) in [7, 11) is -16.9. The van der Waals surface area contributed by atoms with Crippen molar-refractivity contribution in [2.45, 2.75) is 260 Å². The summed E-state index contributed by atoms with van der Waals surface area (Å²) in [6, 6.07) is 0. The van der Waals surface area contributed by atoms with Gasteiger partial charge in [-0.25, -0.2) is 13.7 Å². The van der Waals surface area contributed by atoms with Crippen LogP contribution in [-0.4, -0.2) is 105 Å². The molecule has 0 amide bonds. The van der Waals surface area contributed by atoms with Crippen molar-refractivity contribution in [1.29, 1.82) is 0 Å². The van der Waals surface area contributed by atoms with Gasteiger partial charge in [-0.05, 0) is 81.1 Å². The molecule has 0 spiro atoms. The van der Waals surface area contributed by atoms with Crippen molar-refractivity contribution >= 4 is 30.6 Å². The first-order valence-corrected chi connectivity index (χ1v) is 31.0. The quantitative estimate of drug-likeness (QED) is 0.0246. The molecule has 22 heteroatoms. The van der Waals surface area contributed by atoms with E-state index < -0.39 is 49.0 Å². The van der Waals surface area contributed by atoms with Crippen LogP contribution < -0.4 is 4.89 Å². The van der Waals surface area contributed by atoms with E-state index in [-0.39, 0.29) is 44.2 Å². The molecule has 0 aromatic heterocycles. The molecule has 0 aromatic carbocycles. The fraction of sp³-hybridized carbons (Fsp3) is 1.00. The highest BCUT2D eigenvalue weighted by Crippen LogP contribution is 2.56. The van der Waals surface area contributed by atoms with E-state index in [0.717, 1.165) is 44.9 Å². The van der Waals surface area contributed by atoms with Crippen molar-refractivity contribution in [3.8, 4) is 0 Å². The van der Waals surface area contributed by atoms with Crippen LogP contribution in [0.5, 0.6) is 0 Å². The fourth-order valence-electron chi connectivity index (χ4n) is 5.78. The maximum atomic E-state index is 12.2. The van der Waals surface area contributed by atoms with E-state index in [2.05, 4.69) is 39.1 Å². The molecule has 402 valence electrons. The zero-order valence-corrected chi connectivity index (χ0v) is 46.5. The summed E-state index contributed by atoms with van der Waals surface area (Å²) >= 11 is 0. The molecule has 0 saturated carbocycles. The van der Waals surface area contributed by atoms with Crippen LogP contribution >= 0.6 is 30.6 Å². The molecule has 0 rings (SSSR count). The van der Waals surface area contributed by atoms with Crippen LogP contribution in [0.3, 0.4) is 0 Å². The SMILES string of the molecule is CCCCCCC(C)OCC(C)O.CCCCCCC(C)OCC(C)OP(=O)(O)O.CCCCCCC(C)OCC(C)OP(=O)(O)OC(C)COC(C)CCCCCC.O=[P+]([O-])P(=O)(O)O. The summed E-state index contributed by atoms with van der Waals surface area (Å²) in [5, 5.41) is 8.99. The minimum absolute atomic E-state index is 0.106. The molecule has 0 radical (unpaired) electrons. The van der Waals surface area contributed by atoms with Crippen molar-refractivity contribution < 1.29 is 85.2 Å². The summed E-state index contributed by atoms with van der Waals surface area (Å²) in [5.74, 6) is 0. The largest absolute Gasteiger partial charge is 0.588 e. The fourth-order valence-corrected chi connectivity index (χ4v) is 7.39. The van der Waals surface area contributed by atoms with E-state index in [1.165, 1.54) is 83.5 Å². The Labute approximate surface area is 401 Å². The lowest BCUT2D eigenvalue weighted by molar-refractivity contribution is -0.160. The topological polar surface area (TPSA) is 277 Å². The summed E-state index contributed by atoms with van der Waals surface area (Å²) < 4.78 is 78.7.